The molecule has 2 amide bonds. The van der Waals surface area contributed by atoms with Crippen LogP contribution in [-0.4, -0.2) is 41.4 Å². The minimum Gasteiger partial charge on any atom is -0.444 e. The fourth-order valence-electron chi connectivity index (χ4n) is 3.31. The van der Waals surface area contributed by atoms with E-state index in [4.69, 9.17) is 9.47 Å². The maximum absolute atomic E-state index is 12.6. The van der Waals surface area contributed by atoms with Crippen molar-refractivity contribution in [3.63, 3.8) is 0 Å². The van der Waals surface area contributed by atoms with Crippen molar-refractivity contribution in [3.05, 3.63) is 35.4 Å². The van der Waals surface area contributed by atoms with Crippen molar-refractivity contribution in [1.29, 1.82) is 0 Å². The van der Waals surface area contributed by atoms with E-state index in [0.717, 1.165) is 11.1 Å². The number of hydrogen-bond donors (Lipinski definition) is 1. The third-order valence-corrected chi connectivity index (χ3v) is 4.41. The summed E-state index contributed by atoms with van der Waals surface area (Å²) in [5.41, 5.74) is 0.291. The molecule has 0 bridgehead atoms. The molecule has 1 aromatic rings. The average molecular weight is 391 g/mol. The van der Waals surface area contributed by atoms with E-state index in [0.29, 0.717) is 13.1 Å². The van der Waals surface area contributed by atoms with Crippen LogP contribution in [0.25, 0.3) is 0 Å². The number of nitrogens with one attached hydrogen (secondary N) is 1. The lowest BCUT2D eigenvalue weighted by Crippen LogP contribution is -2.69. The Morgan fingerprint density at radius 1 is 1.00 bits per heavy atom. The Morgan fingerprint density at radius 3 is 2.04 bits per heavy atom. The molecule has 28 heavy (non-hydrogen) atoms. The zero-order chi connectivity index (χ0) is 21.3. The maximum Gasteiger partial charge on any atom is 0.410 e. The molecule has 0 saturated carbocycles. The molecule has 0 unspecified atom stereocenters. The number of ether oxygens (including phenoxy) is 2. The van der Waals surface area contributed by atoms with Gasteiger partial charge in [0.05, 0.1) is 13.1 Å². The lowest BCUT2D eigenvalue weighted by Gasteiger charge is -2.51. The summed E-state index contributed by atoms with van der Waals surface area (Å²) in [6.45, 7) is 15.9. The van der Waals surface area contributed by atoms with Gasteiger partial charge in [0.1, 0.15) is 16.7 Å². The molecule has 0 aliphatic carbocycles. The molecule has 1 aliphatic heterocycles. The molecule has 1 saturated heterocycles. The van der Waals surface area contributed by atoms with E-state index in [9.17, 15) is 9.59 Å². The van der Waals surface area contributed by atoms with Gasteiger partial charge in [0, 0.05) is 0 Å². The number of benzene rings is 1. The maximum atomic E-state index is 12.6. The highest BCUT2D eigenvalue weighted by Crippen LogP contribution is 2.37. The van der Waals surface area contributed by atoms with Crippen molar-refractivity contribution in [3.8, 4) is 0 Å². The summed E-state index contributed by atoms with van der Waals surface area (Å²) in [6, 6.07) is 8.02. The average Bonchev–Trinajstić information content (AvgIpc) is 2.46. The molecule has 1 N–H and O–H groups in total. The van der Waals surface area contributed by atoms with Gasteiger partial charge in [0.15, 0.2) is 0 Å². The third kappa shape index (κ3) is 5.40. The standard InChI is InChI=1S/C22H34N2O4/c1-15(2)16-11-9-10-12-17(16)22(23-18(25)27-20(3,4)5)13-24(14-22)19(26)28-21(6,7)8/h9-12,15H,13-14H2,1-8H3,(H,23,25). The Bertz CT molecular complexity index is 723. The fraction of sp³-hybridized carbons (Fsp3) is 0.636. The van der Waals surface area contributed by atoms with Crippen LogP contribution >= 0.6 is 0 Å². The molecule has 0 radical (unpaired) electrons. The van der Waals surface area contributed by atoms with E-state index in [1.54, 1.807) is 4.90 Å². The molecule has 0 aromatic heterocycles. The van der Waals surface area contributed by atoms with Gasteiger partial charge in [-0.2, -0.15) is 0 Å². The van der Waals surface area contributed by atoms with E-state index in [1.807, 2.05) is 59.7 Å². The first-order valence-electron chi connectivity index (χ1n) is 9.81. The summed E-state index contributed by atoms with van der Waals surface area (Å²) in [5, 5.41) is 3.04. The minimum absolute atomic E-state index is 0.282. The lowest BCUT2D eigenvalue weighted by atomic mass is 9.78. The van der Waals surface area contributed by atoms with Gasteiger partial charge in [-0.1, -0.05) is 38.1 Å². The number of rotatable bonds is 3. The second-order valence-corrected chi connectivity index (χ2v) is 9.79. The lowest BCUT2D eigenvalue weighted by molar-refractivity contribution is -0.0232. The van der Waals surface area contributed by atoms with Crippen LogP contribution in [0.4, 0.5) is 9.59 Å². The summed E-state index contributed by atoms with van der Waals surface area (Å²) in [5.74, 6) is 0.282. The monoisotopic (exact) mass is 390 g/mol. The van der Waals surface area contributed by atoms with Gasteiger partial charge < -0.3 is 19.7 Å². The Morgan fingerprint density at radius 2 is 1.54 bits per heavy atom. The predicted octanol–water partition coefficient (Wildman–Crippen LogP) is 4.78. The van der Waals surface area contributed by atoms with E-state index in [1.165, 1.54) is 0 Å². The molecule has 6 heteroatoms. The first-order chi connectivity index (χ1) is 12.7. The van der Waals surface area contributed by atoms with E-state index in [2.05, 4.69) is 25.2 Å². The van der Waals surface area contributed by atoms with E-state index in [-0.39, 0.29) is 12.0 Å². The SMILES string of the molecule is CC(C)c1ccccc1C1(NC(=O)OC(C)(C)C)CN(C(=O)OC(C)(C)C)C1. The number of likely N-dealkylation sites (tertiary alicyclic amines) is 1. The molecular formula is C22H34N2O4. The quantitative estimate of drug-likeness (QED) is 0.806. The normalized spacial score (nSPS) is 16.4. The Kier molecular flexibility index (Phi) is 6.02. The summed E-state index contributed by atoms with van der Waals surface area (Å²) in [4.78, 5) is 26.6. The zero-order valence-electron chi connectivity index (χ0n) is 18.4. The van der Waals surface area contributed by atoms with Crippen LogP contribution in [0.2, 0.25) is 0 Å². The number of amides is 2. The summed E-state index contributed by atoms with van der Waals surface area (Å²) in [6.07, 6.45) is -0.869. The van der Waals surface area contributed by atoms with Gasteiger partial charge in [-0.3, -0.25) is 0 Å². The largest absolute Gasteiger partial charge is 0.444 e. The summed E-state index contributed by atoms with van der Waals surface area (Å²) >= 11 is 0. The van der Waals surface area contributed by atoms with Crippen LogP contribution in [0, 0.1) is 0 Å². The molecule has 1 aromatic carbocycles. The highest BCUT2D eigenvalue weighted by Gasteiger charge is 2.50. The van der Waals surface area contributed by atoms with Gasteiger partial charge in [-0.15, -0.1) is 0 Å². The van der Waals surface area contributed by atoms with Crippen LogP contribution in [0.3, 0.4) is 0 Å². The summed E-state index contributed by atoms with van der Waals surface area (Å²) in [7, 11) is 0. The van der Waals surface area contributed by atoms with E-state index < -0.39 is 22.8 Å². The molecule has 1 heterocycles. The number of nitrogens with zero attached hydrogens (tertiary/aromatic N) is 1. The molecule has 6 nitrogen and oxygen atoms in total. The van der Waals surface area contributed by atoms with Crippen molar-refractivity contribution >= 4 is 12.2 Å². The van der Waals surface area contributed by atoms with Crippen LogP contribution in [0.5, 0.6) is 0 Å². The fourth-order valence-corrected chi connectivity index (χ4v) is 3.31. The number of alkyl carbamates (subject to hydrolysis) is 1. The highest BCUT2D eigenvalue weighted by atomic mass is 16.6. The van der Waals surface area contributed by atoms with Gasteiger partial charge in [0.2, 0.25) is 0 Å². The van der Waals surface area contributed by atoms with E-state index >= 15 is 0 Å². The first kappa shape index (κ1) is 22.1. The first-order valence-corrected chi connectivity index (χ1v) is 9.81. The van der Waals surface area contributed by atoms with Crippen molar-refractivity contribution in [2.24, 2.45) is 0 Å². The second-order valence-electron chi connectivity index (χ2n) is 9.79. The van der Waals surface area contributed by atoms with Crippen LogP contribution < -0.4 is 5.32 Å². The van der Waals surface area contributed by atoms with Gasteiger partial charge in [-0.05, 0) is 58.6 Å². The van der Waals surface area contributed by atoms with Crippen molar-refractivity contribution < 1.29 is 19.1 Å². The number of hydrogen-bond acceptors (Lipinski definition) is 4. The predicted molar refractivity (Wildman–Crippen MR) is 109 cm³/mol. The molecule has 0 spiro atoms. The molecular weight excluding hydrogens is 356 g/mol. The Balaban J connectivity index is 2.30. The van der Waals surface area contributed by atoms with Crippen LogP contribution in [-0.2, 0) is 15.0 Å². The molecule has 2 rings (SSSR count). The smallest absolute Gasteiger partial charge is 0.410 e. The highest BCUT2D eigenvalue weighted by molar-refractivity contribution is 5.73. The molecule has 156 valence electrons. The van der Waals surface area contributed by atoms with Gasteiger partial charge in [0.25, 0.3) is 0 Å². The Hall–Kier alpha value is -2.24. The summed E-state index contributed by atoms with van der Waals surface area (Å²) < 4.78 is 11.0. The minimum atomic E-state index is -0.694. The molecule has 0 atom stereocenters. The third-order valence-electron chi connectivity index (χ3n) is 4.41. The van der Waals surface area contributed by atoms with Crippen LogP contribution in [0.1, 0.15) is 72.4 Å². The molecule has 1 aliphatic rings. The van der Waals surface area contributed by atoms with Crippen molar-refractivity contribution in [2.45, 2.75) is 78.0 Å². The van der Waals surface area contributed by atoms with Gasteiger partial charge >= 0.3 is 12.2 Å². The zero-order valence-corrected chi connectivity index (χ0v) is 18.4. The number of carbonyl (C=O) groups is 2. The van der Waals surface area contributed by atoms with Crippen LogP contribution in [0.15, 0.2) is 24.3 Å². The van der Waals surface area contributed by atoms with Crippen molar-refractivity contribution in [1.82, 2.24) is 10.2 Å². The number of carbonyl (C=O) groups excluding carboxylic acids is 2. The molecule has 1 fully saturated rings. The van der Waals surface area contributed by atoms with Gasteiger partial charge in [-0.25, -0.2) is 9.59 Å². The second kappa shape index (κ2) is 7.64. The van der Waals surface area contributed by atoms with Crippen molar-refractivity contribution in [2.75, 3.05) is 13.1 Å². The topological polar surface area (TPSA) is 67.9 Å². The Labute approximate surface area is 168 Å².